The largest absolute Gasteiger partial charge is 0.346 e. The van der Waals surface area contributed by atoms with Gasteiger partial charge in [0.05, 0.1) is 0 Å². The van der Waals surface area contributed by atoms with Gasteiger partial charge in [0, 0.05) is 36.1 Å². The molecule has 25 heavy (non-hydrogen) atoms. The summed E-state index contributed by atoms with van der Waals surface area (Å²) in [4.78, 5) is 12.1. The summed E-state index contributed by atoms with van der Waals surface area (Å²) in [6, 6.07) is 14.9. The first-order valence-electron chi connectivity index (χ1n) is 8.37. The molecule has 1 aromatic carbocycles. The SMILES string of the molecule is Fc1ccc(CCc2ccc(Cc3c[nH]c4ncccc34)cn2)cc1. The van der Waals surface area contributed by atoms with Gasteiger partial charge in [-0.25, -0.2) is 9.37 Å². The van der Waals surface area contributed by atoms with Crippen LogP contribution in [0.5, 0.6) is 0 Å². The molecule has 0 saturated heterocycles. The number of rotatable bonds is 5. The molecule has 0 unspecified atom stereocenters. The normalized spacial score (nSPS) is 11.1. The molecule has 4 rings (SSSR count). The van der Waals surface area contributed by atoms with Gasteiger partial charge in [0.25, 0.3) is 0 Å². The lowest BCUT2D eigenvalue weighted by molar-refractivity contribution is 0.627. The summed E-state index contributed by atoms with van der Waals surface area (Å²) in [7, 11) is 0. The smallest absolute Gasteiger partial charge is 0.137 e. The number of fused-ring (bicyclic) bond motifs is 1. The Morgan fingerprint density at radius 1 is 0.880 bits per heavy atom. The molecule has 0 spiro atoms. The fourth-order valence-electron chi connectivity index (χ4n) is 3.01. The molecule has 4 heteroatoms. The van der Waals surface area contributed by atoms with E-state index in [4.69, 9.17) is 0 Å². The van der Waals surface area contributed by atoms with Crippen LogP contribution in [0.3, 0.4) is 0 Å². The van der Waals surface area contributed by atoms with Gasteiger partial charge in [-0.1, -0.05) is 18.2 Å². The topological polar surface area (TPSA) is 41.6 Å². The van der Waals surface area contributed by atoms with E-state index < -0.39 is 0 Å². The number of nitrogens with zero attached hydrogens (tertiary/aromatic N) is 2. The number of H-pyrrole nitrogens is 1. The zero-order valence-corrected chi connectivity index (χ0v) is 13.7. The van der Waals surface area contributed by atoms with Crippen molar-refractivity contribution in [3.63, 3.8) is 0 Å². The summed E-state index contributed by atoms with van der Waals surface area (Å²) >= 11 is 0. The zero-order valence-electron chi connectivity index (χ0n) is 13.7. The minimum Gasteiger partial charge on any atom is -0.346 e. The molecule has 4 aromatic rings. The van der Waals surface area contributed by atoms with Gasteiger partial charge in [-0.3, -0.25) is 4.98 Å². The zero-order chi connectivity index (χ0) is 17.1. The average molecular weight is 331 g/mol. The van der Waals surface area contributed by atoms with E-state index in [1.807, 2.05) is 30.6 Å². The standard InChI is InChI=1S/C21H18FN3/c22-18-7-3-15(4-8-18)5-9-19-10-6-16(13-24-19)12-17-14-25-21-20(17)2-1-11-23-21/h1-4,6-8,10-11,13-14H,5,9,12H2,(H,23,25). The van der Waals surface area contributed by atoms with Gasteiger partial charge < -0.3 is 4.98 Å². The van der Waals surface area contributed by atoms with Crippen LogP contribution in [0.15, 0.2) is 67.1 Å². The van der Waals surface area contributed by atoms with Crippen molar-refractivity contribution in [1.29, 1.82) is 0 Å². The summed E-state index contributed by atoms with van der Waals surface area (Å²) in [6.45, 7) is 0. The summed E-state index contributed by atoms with van der Waals surface area (Å²) in [6.07, 6.45) is 8.29. The molecule has 0 radical (unpaired) electrons. The third-order valence-electron chi connectivity index (χ3n) is 4.40. The lowest BCUT2D eigenvalue weighted by Crippen LogP contribution is -1.96. The third-order valence-corrected chi connectivity index (χ3v) is 4.40. The lowest BCUT2D eigenvalue weighted by atomic mass is 10.0. The first-order valence-corrected chi connectivity index (χ1v) is 8.37. The lowest BCUT2D eigenvalue weighted by Gasteiger charge is -2.04. The number of aromatic amines is 1. The molecule has 0 fully saturated rings. The molecule has 0 aliphatic heterocycles. The monoisotopic (exact) mass is 331 g/mol. The van der Waals surface area contributed by atoms with Crippen LogP contribution in [-0.2, 0) is 19.3 Å². The molecule has 0 bridgehead atoms. The number of benzene rings is 1. The van der Waals surface area contributed by atoms with Crippen molar-refractivity contribution in [1.82, 2.24) is 15.0 Å². The Morgan fingerprint density at radius 3 is 2.52 bits per heavy atom. The fourth-order valence-corrected chi connectivity index (χ4v) is 3.01. The molecule has 0 amide bonds. The number of aryl methyl sites for hydroxylation is 2. The molecular weight excluding hydrogens is 313 g/mol. The van der Waals surface area contributed by atoms with Crippen molar-refractivity contribution in [2.45, 2.75) is 19.3 Å². The van der Waals surface area contributed by atoms with Crippen LogP contribution in [0, 0.1) is 5.82 Å². The Balaban J connectivity index is 1.42. The van der Waals surface area contributed by atoms with Crippen LogP contribution in [0.2, 0.25) is 0 Å². The summed E-state index contributed by atoms with van der Waals surface area (Å²) in [5.74, 6) is -0.196. The van der Waals surface area contributed by atoms with Crippen LogP contribution in [0.25, 0.3) is 11.0 Å². The van der Waals surface area contributed by atoms with Crippen molar-refractivity contribution < 1.29 is 4.39 Å². The van der Waals surface area contributed by atoms with Crippen LogP contribution < -0.4 is 0 Å². The molecule has 0 aliphatic carbocycles. The third kappa shape index (κ3) is 3.58. The minimum absolute atomic E-state index is 0.196. The van der Waals surface area contributed by atoms with Crippen molar-refractivity contribution >= 4 is 11.0 Å². The van der Waals surface area contributed by atoms with Crippen LogP contribution in [-0.4, -0.2) is 15.0 Å². The minimum atomic E-state index is -0.196. The molecular formula is C21H18FN3. The van der Waals surface area contributed by atoms with E-state index in [0.717, 1.165) is 41.6 Å². The number of aromatic nitrogens is 3. The second-order valence-corrected chi connectivity index (χ2v) is 6.17. The van der Waals surface area contributed by atoms with Gasteiger partial charge in [0.2, 0.25) is 0 Å². The second-order valence-electron chi connectivity index (χ2n) is 6.17. The summed E-state index contributed by atoms with van der Waals surface area (Å²) < 4.78 is 12.9. The predicted molar refractivity (Wildman–Crippen MR) is 96.9 cm³/mol. The van der Waals surface area contributed by atoms with E-state index in [-0.39, 0.29) is 5.82 Å². The fraction of sp³-hybridized carbons (Fsp3) is 0.143. The number of pyridine rings is 2. The molecule has 3 nitrogen and oxygen atoms in total. The van der Waals surface area contributed by atoms with Crippen molar-refractivity contribution in [3.8, 4) is 0 Å². The summed E-state index contributed by atoms with van der Waals surface area (Å²) in [5.41, 5.74) is 5.49. The number of hydrogen-bond acceptors (Lipinski definition) is 2. The Morgan fingerprint density at radius 2 is 1.72 bits per heavy atom. The first-order chi connectivity index (χ1) is 12.3. The van der Waals surface area contributed by atoms with E-state index in [2.05, 4.69) is 33.2 Å². The molecule has 3 aromatic heterocycles. The molecule has 0 aliphatic rings. The highest BCUT2D eigenvalue weighted by Crippen LogP contribution is 2.19. The van der Waals surface area contributed by atoms with Gasteiger partial charge in [-0.2, -0.15) is 0 Å². The quantitative estimate of drug-likeness (QED) is 0.586. The summed E-state index contributed by atoms with van der Waals surface area (Å²) in [5, 5.41) is 1.16. The van der Waals surface area contributed by atoms with E-state index in [1.165, 1.54) is 23.3 Å². The number of halogens is 1. The molecule has 0 saturated carbocycles. The molecule has 1 N–H and O–H groups in total. The van der Waals surface area contributed by atoms with Gasteiger partial charge >= 0.3 is 0 Å². The number of nitrogens with one attached hydrogen (secondary N) is 1. The number of hydrogen-bond donors (Lipinski definition) is 1. The predicted octanol–water partition coefficient (Wildman–Crippen LogP) is 4.47. The van der Waals surface area contributed by atoms with E-state index in [1.54, 1.807) is 6.20 Å². The maximum Gasteiger partial charge on any atom is 0.137 e. The van der Waals surface area contributed by atoms with E-state index in [0.29, 0.717) is 0 Å². The highest BCUT2D eigenvalue weighted by Gasteiger charge is 2.05. The van der Waals surface area contributed by atoms with Gasteiger partial charge in [0.1, 0.15) is 11.5 Å². The van der Waals surface area contributed by atoms with Crippen molar-refractivity contribution in [2.24, 2.45) is 0 Å². The molecule has 124 valence electrons. The highest BCUT2D eigenvalue weighted by molar-refractivity contribution is 5.79. The van der Waals surface area contributed by atoms with Gasteiger partial charge in [-0.05, 0) is 59.9 Å². The van der Waals surface area contributed by atoms with Crippen molar-refractivity contribution in [2.75, 3.05) is 0 Å². The van der Waals surface area contributed by atoms with Gasteiger partial charge in [0.15, 0.2) is 0 Å². The van der Waals surface area contributed by atoms with E-state index >= 15 is 0 Å². The molecule has 0 atom stereocenters. The van der Waals surface area contributed by atoms with Crippen LogP contribution in [0.1, 0.15) is 22.4 Å². The van der Waals surface area contributed by atoms with Crippen LogP contribution >= 0.6 is 0 Å². The highest BCUT2D eigenvalue weighted by atomic mass is 19.1. The Labute approximate surface area is 145 Å². The first kappa shape index (κ1) is 15.5. The average Bonchev–Trinajstić information content (AvgIpc) is 3.06. The van der Waals surface area contributed by atoms with Crippen LogP contribution in [0.4, 0.5) is 4.39 Å². The Hall–Kier alpha value is -3.01. The second kappa shape index (κ2) is 6.85. The Kier molecular flexibility index (Phi) is 4.25. The van der Waals surface area contributed by atoms with E-state index in [9.17, 15) is 4.39 Å². The maximum absolute atomic E-state index is 12.9. The molecule has 3 heterocycles. The Bertz CT molecular complexity index is 972. The van der Waals surface area contributed by atoms with Crippen molar-refractivity contribution in [3.05, 3.63) is 95.3 Å². The maximum atomic E-state index is 12.9. The van der Waals surface area contributed by atoms with Gasteiger partial charge in [-0.15, -0.1) is 0 Å².